The zero-order chi connectivity index (χ0) is 22.0. The van der Waals surface area contributed by atoms with E-state index >= 15 is 0 Å². The maximum atomic E-state index is 13.5. The lowest BCUT2D eigenvalue weighted by atomic mass is 10.0. The zero-order valence-electron chi connectivity index (χ0n) is 18.0. The molecule has 7 nitrogen and oxygen atoms in total. The van der Waals surface area contributed by atoms with Gasteiger partial charge in [-0.1, -0.05) is 18.2 Å². The van der Waals surface area contributed by atoms with E-state index in [1.807, 2.05) is 23.1 Å². The predicted molar refractivity (Wildman–Crippen MR) is 116 cm³/mol. The molecule has 0 spiro atoms. The molecular weight excluding hydrogens is 396 g/mol. The lowest BCUT2D eigenvalue weighted by molar-refractivity contribution is -0.138. The summed E-state index contributed by atoms with van der Waals surface area (Å²) in [5.74, 6) is 1.31. The molecule has 2 heterocycles. The first-order valence-corrected chi connectivity index (χ1v) is 10.3. The van der Waals surface area contributed by atoms with Crippen LogP contribution in [0.4, 0.5) is 0 Å². The number of carbonyl (C=O) groups is 2. The van der Waals surface area contributed by atoms with Crippen LogP contribution in [0.3, 0.4) is 0 Å². The van der Waals surface area contributed by atoms with E-state index in [0.29, 0.717) is 28.5 Å². The van der Waals surface area contributed by atoms with Gasteiger partial charge >= 0.3 is 0 Å². The second-order valence-electron chi connectivity index (χ2n) is 7.53. The van der Waals surface area contributed by atoms with E-state index in [0.717, 1.165) is 37.1 Å². The minimum atomic E-state index is -0.285. The highest BCUT2D eigenvalue weighted by molar-refractivity contribution is 6.35. The van der Waals surface area contributed by atoms with E-state index in [-0.39, 0.29) is 18.4 Å². The molecule has 2 amide bonds. The molecule has 0 unspecified atom stereocenters. The van der Waals surface area contributed by atoms with Crippen molar-refractivity contribution in [1.29, 1.82) is 0 Å². The fourth-order valence-electron chi connectivity index (χ4n) is 4.12. The molecule has 162 valence electrons. The quantitative estimate of drug-likeness (QED) is 0.639. The summed E-state index contributed by atoms with van der Waals surface area (Å²) in [4.78, 5) is 30.2. The summed E-state index contributed by atoms with van der Waals surface area (Å²) in [5, 5.41) is 0. The van der Waals surface area contributed by atoms with Crippen molar-refractivity contribution in [2.24, 2.45) is 0 Å². The van der Waals surface area contributed by atoms with Gasteiger partial charge in [0.2, 0.25) is 0 Å². The number of benzene rings is 2. The standard InChI is InChI=1S/C24H26N2O5/c1-29-18-9-7-17(8-10-18)21-22(25-12-4-5-13-25)24(28)26(23(21)27)15-16-6-11-19(30-2)20(14-16)31-3/h6-11,14H,4-5,12-13,15H2,1-3H3. The fourth-order valence-corrected chi connectivity index (χ4v) is 4.12. The van der Waals surface area contributed by atoms with Gasteiger partial charge in [-0.3, -0.25) is 14.5 Å². The molecule has 0 saturated carbocycles. The smallest absolute Gasteiger partial charge is 0.278 e. The number of amides is 2. The largest absolute Gasteiger partial charge is 0.497 e. The Kier molecular flexibility index (Phi) is 5.84. The van der Waals surface area contributed by atoms with Crippen molar-refractivity contribution in [3.63, 3.8) is 0 Å². The van der Waals surface area contributed by atoms with Crippen LogP contribution >= 0.6 is 0 Å². The van der Waals surface area contributed by atoms with E-state index in [4.69, 9.17) is 14.2 Å². The van der Waals surface area contributed by atoms with Crippen molar-refractivity contribution in [2.75, 3.05) is 34.4 Å². The summed E-state index contributed by atoms with van der Waals surface area (Å²) in [6.45, 7) is 1.71. The minimum Gasteiger partial charge on any atom is -0.497 e. The maximum Gasteiger partial charge on any atom is 0.278 e. The van der Waals surface area contributed by atoms with Crippen LogP contribution in [0.15, 0.2) is 48.2 Å². The highest BCUT2D eigenvalue weighted by atomic mass is 16.5. The first-order valence-electron chi connectivity index (χ1n) is 10.3. The molecule has 1 saturated heterocycles. The van der Waals surface area contributed by atoms with Gasteiger partial charge < -0.3 is 19.1 Å². The average molecular weight is 422 g/mol. The summed E-state index contributed by atoms with van der Waals surface area (Å²) in [6, 6.07) is 12.7. The number of methoxy groups -OCH3 is 3. The summed E-state index contributed by atoms with van der Waals surface area (Å²) >= 11 is 0. The van der Waals surface area contributed by atoms with Crippen molar-refractivity contribution in [3.05, 3.63) is 59.3 Å². The highest BCUT2D eigenvalue weighted by Crippen LogP contribution is 2.35. The SMILES string of the molecule is COc1ccc(C2=C(N3CCCC3)C(=O)N(Cc3ccc(OC)c(OC)c3)C2=O)cc1. The Morgan fingerprint density at radius 2 is 1.48 bits per heavy atom. The maximum absolute atomic E-state index is 13.5. The number of imide groups is 1. The van der Waals surface area contributed by atoms with Crippen molar-refractivity contribution in [3.8, 4) is 17.2 Å². The molecule has 2 aromatic rings. The third-order valence-electron chi connectivity index (χ3n) is 5.73. The number of hydrogen-bond acceptors (Lipinski definition) is 6. The Hall–Kier alpha value is -3.48. The summed E-state index contributed by atoms with van der Waals surface area (Å²) in [6.07, 6.45) is 2.02. The summed E-state index contributed by atoms with van der Waals surface area (Å²) in [5.41, 5.74) is 2.45. The van der Waals surface area contributed by atoms with Crippen molar-refractivity contribution in [2.45, 2.75) is 19.4 Å². The van der Waals surface area contributed by atoms with Gasteiger partial charge in [0.05, 0.1) is 33.4 Å². The summed E-state index contributed by atoms with van der Waals surface area (Å²) in [7, 11) is 4.72. The number of likely N-dealkylation sites (tertiary alicyclic amines) is 1. The minimum absolute atomic E-state index is 0.162. The van der Waals surface area contributed by atoms with Gasteiger partial charge in [0, 0.05) is 13.1 Å². The van der Waals surface area contributed by atoms with Crippen molar-refractivity contribution < 1.29 is 23.8 Å². The van der Waals surface area contributed by atoms with Crippen LogP contribution in [0.1, 0.15) is 24.0 Å². The molecule has 7 heteroatoms. The van der Waals surface area contributed by atoms with Gasteiger partial charge in [0.25, 0.3) is 11.8 Å². The number of ether oxygens (including phenoxy) is 3. The second-order valence-corrected chi connectivity index (χ2v) is 7.53. The van der Waals surface area contributed by atoms with E-state index < -0.39 is 0 Å². The first kappa shape index (κ1) is 20.8. The number of carbonyl (C=O) groups excluding carboxylic acids is 2. The van der Waals surface area contributed by atoms with Crippen LogP contribution in [0.25, 0.3) is 5.57 Å². The highest BCUT2D eigenvalue weighted by Gasteiger charge is 2.42. The molecule has 0 bridgehead atoms. The van der Waals surface area contributed by atoms with E-state index in [1.54, 1.807) is 45.6 Å². The zero-order valence-corrected chi connectivity index (χ0v) is 18.0. The van der Waals surface area contributed by atoms with Crippen LogP contribution in [-0.2, 0) is 16.1 Å². The first-order chi connectivity index (χ1) is 15.1. The Morgan fingerprint density at radius 3 is 2.10 bits per heavy atom. The number of nitrogens with zero attached hydrogens (tertiary/aromatic N) is 2. The molecule has 0 radical (unpaired) electrons. The Morgan fingerprint density at radius 1 is 0.806 bits per heavy atom. The van der Waals surface area contributed by atoms with Crippen molar-refractivity contribution >= 4 is 17.4 Å². The van der Waals surface area contributed by atoms with Gasteiger partial charge in [-0.15, -0.1) is 0 Å². The van der Waals surface area contributed by atoms with E-state index in [2.05, 4.69) is 0 Å². The predicted octanol–water partition coefficient (Wildman–Crippen LogP) is 3.09. The topological polar surface area (TPSA) is 68.3 Å². The molecule has 2 aliphatic heterocycles. The number of rotatable bonds is 7. The van der Waals surface area contributed by atoms with Crippen LogP contribution in [0.5, 0.6) is 17.2 Å². The molecule has 0 aromatic heterocycles. The Labute approximate surface area is 181 Å². The Balaban J connectivity index is 1.69. The second kappa shape index (κ2) is 8.71. The average Bonchev–Trinajstić information content (AvgIpc) is 3.41. The van der Waals surface area contributed by atoms with Gasteiger partial charge in [-0.05, 0) is 48.2 Å². The molecule has 0 atom stereocenters. The molecule has 0 aliphatic carbocycles. The lowest BCUT2D eigenvalue weighted by Crippen LogP contribution is -2.34. The van der Waals surface area contributed by atoms with Crippen LogP contribution in [-0.4, -0.2) is 56.0 Å². The molecule has 4 rings (SSSR count). The molecule has 1 fully saturated rings. The van der Waals surface area contributed by atoms with Crippen LogP contribution in [0, 0.1) is 0 Å². The Bertz CT molecular complexity index is 1020. The van der Waals surface area contributed by atoms with Gasteiger partial charge in [0.15, 0.2) is 11.5 Å². The van der Waals surface area contributed by atoms with Gasteiger partial charge in [-0.25, -0.2) is 0 Å². The van der Waals surface area contributed by atoms with Gasteiger partial charge in [0.1, 0.15) is 11.4 Å². The van der Waals surface area contributed by atoms with Gasteiger partial charge in [-0.2, -0.15) is 0 Å². The lowest BCUT2D eigenvalue weighted by Gasteiger charge is -2.20. The van der Waals surface area contributed by atoms with E-state index in [9.17, 15) is 9.59 Å². The monoisotopic (exact) mass is 422 g/mol. The normalized spacial score (nSPS) is 16.4. The molecule has 2 aliphatic rings. The fraction of sp³-hybridized carbons (Fsp3) is 0.333. The van der Waals surface area contributed by atoms with Crippen molar-refractivity contribution in [1.82, 2.24) is 9.80 Å². The third kappa shape index (κ3) is 3.83. The summed E-state index contributed by atoms with van der Waals surface area (Å²) < 4.78 is 15.9. The van der Waals surface area contributed by atoms with E-state index in [1.165, 1.54) is 4.90 Å². The van der Waals surface area contributed by atoms with Crippen LogP contribution in [0.2, 0.25) is 0 Å². The number of hydrogen-bond donors (Lipinski definition) is 0. The molecular formula is C24H26N2O5. The molecule has 31 heavy (non-hydrogen) atoms. The van der Waals surface area contributed by atoms with Crippen LogP contribution < -0.4 is 14.2 Å². The molecule has 0 N–H and O–H groups in total. The third-order valence-corrected chi connectivity index (χ3v) is 5.73. The molecule has 2 aromatic carbocycles.